The molecule has 41 heavy (non-hydrogen) atoms. The highest BCUT2D eigenvalue weighted by atomic mass is 19.1. The maximum atomic E-state index is 14.5. The van der Waals surface area contributed by atoms with Crippen molar-refractivity contribution in [1.82, 2.24) is 24.8 Å². The van der Waals surface area contributed by atoms with Crippen LogP contribution in [0, 0.1) is 6.92 Å². The number of hydrogen-bond donors (Lipinski definition) is 1. The largest absolute Gasteiger partial charge is 0.354 e. The highest BCUT2D eigenvalue weighted by Crippen LogP contribution is 2.29. The number of carbonyl (C=O) groups excluding carboxylic acids is 3. The number of aryl methyl sites for hydroxylation is 2. The van der Waals surface area contributed by atoms with Gasteiger partial charge < -0.3 is 14.8 Å². The van der Waals surface area contributed by atoms with E-state index in [1.807, 2.05) is 43.3 Å². The van der Waals surface area contributed by atoms with Crippen LogP contribution < -0.4 is 5.32 Å². The van der Waals surface area contributed by atoms with Gasteiger partial charge in [-0.15, -0.1) is 0 Å². The van der Waals surface area contributed by atoms with Crippen molar-refractivity contribution in [2.24, 2.45) is 0 Å². The van der Waals surface area contributed by atoms with Crippen LogP contribution >= 0.6 is 0 Å². The van der Waals surface area contributed by atoms with Crippen LogP contribution in [0.2, 0.25) is 0 Å². The first-order chi connectivity index (χ1) is 19.8. The van der Waals surface area contributed by atoms with Crippen molar-refractivity contribution < 1.29 is 18.8 Å². The Morgan fingerprint density at radius 2 is 1.78 bits per heavy atom. The van der Waals surface area contributed by atoms with Crippen molar-refractivity contribution >= 4 is 28.5 Å². The minimum atomic E-state index is -1.26. The van der Waals surface area contributed by atoms with E-state index < -0.39 is 12.2 Å². The standard InChI is InChI=1S/C32H34FN5O3/c1-21(39)28-19-37(29-12-11-24(14-27(28)29)25-16-35-22(2)36-17-25)20-31(40)38-18-26(33)15-30(38)32(41)34-13-7-6-10-23-8-4-3-5-9-23/h3-5,8-9,11-12,14,16-17,19,26,30H,6-7,10,13,15,18,20H2,1-2H3,(H,34,41)/t26-,30+/m1/s1. The number of ketones is 1. The van der Waals surface area contributed by atoms with E-state index in [-0.39, 0.29) is 37.1 Å². The molecule has 1 N–H and O–H groups in total. The lowest BCUT2D eigenvalue weighted by Gasteiger charge is -2.24. The number of carbonyl (C=O) groups is 3. The number of fused-ring (bicyclic) bond motifs is 1. The number of likely N-dealkylation sites (tertiary alicyclic amines) is 1. The molecule has 5 rings (SSSR count). The molecule has 2 aromatic carbocycles. The van der Waals surface area contributed by atoms with E-state index in [2.05, 4.69) is 27.4 Å². The topological polar surface area (TPSA) is 97.2 Å². The molecule has 0 radical (unpaired) electrons. The van der Waals surface area contributed by atoms with E-state index in [0.717, 1.165) is 30.4 Å². The molecule has 0 spiro atoms. The maximum Gasteiger partial charge on any atom is 0.243 e. The lowest BCUT2D eigenvalue weighted by molar-refractivity contribution is -0.138. The Labute approximate surface area is 238 Å². The molecular weight excluding hydrogens is 521 g/mol. The van der Waals surface area contributed by atoms with Crippen LogP contribution in [-0.2, 0) is 22.6 Å². The number of nitrogens with zero attached hydrogens (tertiary/aromatic N) is 4. The summed E-state index contributed by atoms with van der Waals surface area (Å²) in [6, 6.07) is 14.9. The number of unbranched alkanes of at least 4 members (excludes halogenated alkanes) is 1. The Kier molecular flexibility index (Phi) is 8.52. The monoisotopic (exact) mass is 555 g/mol. The third-order valence-electron chi connectivity index (χ3n) is 7.59. The van der Waals surface area contributed by atoms with Crippen molar-refractivity contribution in [1.29, 1.82) is 0 Å². The number of rotatable bonds is 10. The first-order valence-electron chi connectivity index (χ1n) is 14.0. The number of amides is 2. The SMILES string of the molecule is CC(=O)c1cn(CC(=O)N2C[C@H](F)C[C@H]2C(=O)NCCCCc2ccccc2)c2ccc(-c3cnc(C)nc3)cc12. The van der Waals surface area contributed by atoms with Crippen molar-refractivity contribution in [3.8, 4) is 11.1 Å². The molecule has 8 nitrogen and oxygen atoms in total. The van der Waals surface area contributed by atoms with Gasteiger partial charge >= 0.3 is 0 Å². The number of halogens is 1. The lowest BCUT2D eigenvalue weighted by Crippen LogP contribution is -2.47. The Balaban J connectivity index is 1.26. The Morgan fingerprint density at radius 3 is 2.51 bits per heavy atom. The van der Waals surface area contributed by atoms with E-state index in [1.165, 1.54) is 17.4 Å². The molecular formula is C32H34FN5O3. The number of nitrogens with one attached hydrogen (secondary N) is 1. The molecule has 3 heterocycles. The van der Waals surface area contributed by atoms with Crippen LogP contribution in [0.25, 0.3) is 22.0 Å². The minimum Gasteiger partial charge on any atom is -0.354 e. The molecule has 4 aromatic rings. The van der Waals surface area contributed by atoms with Gasteiger partial charge in [0, 0.05) is 53.6 Å². The zero-order chi connectivity index (χ0) is 28.9. The third-order valence-corrected chi connectivity index (χ3v) is 7.59. The van der Waals surface area contributed by atoms with Gasteiger partial charge in [-0.05, 0) is 56.4 Å². The molecule has 0 bridgehead atoms. The summed E-state index contributed by atoms with van der Waals surface area (Å²) in [5.41, 5.74) is 4.10. The highest BCUT2D eigenvalue weighted by Gasteiger charge is 2.39. The van der Waals surface area contributed by atoms with E-state index in [1.54, 1.807) is 23.2 Å². The predicted molar refractivity (Wildman–Crippen MR) is 155 cm³/mol. The predicted octanol–water partition coefficient (Wildman–Crippen LogP) is 4.69. The first-order valence-corrected chi connectivity index (χ1v) is 14.0. The van der Waals surface area contributed by atoms with Gasteiger partial charge in [-0.3, -0.25) is 14.4 Å². The summed E-state index contributed by atoms with van der Waals surface area (Å²) in [5.74, 6) is -0.160. The number of hydrogen-bond acceptors (Lipinski definition) is 5. The molecule has 212 valence electrons. The fraction of sp³-hybridized carbons (Fsp3) is 0.344. The second-order valence-corrected chi connectivity index (χ2v) is 10.6. The molecule has 2 amide bonds. The molecule has 9 heteroatoms. The molecule has 1 aliphatic heterocycles. The zero-order valence-corrected chi connectivity index (χ0v) is 23.3. The summed E-state index contributed by atoms with van der Waals surface area (Å²) in [5, 5.41) is 3.60. The average Bonchev–Trinajstić information content (AvgIpc) is 3.54. The van der Waals surface area contributed by atoms with Gasteiger partial charge in [-0.25, -0.2) is 14.4 Å². The van der Waals surface area contributed by atoms with Crippen molar-refractivity contribution in [2.75, 3.05) is 13.1 Å². The van der Waals surface area contributed by atoms with E-state index in [9.17, 15) is 18.8 Å². The summed E-state index contributed by atoms with van der Waals surface area (Å²) >= 11 is 0. The van der Waals surface area contributed by atoms with Crippen LogP contribution in [0.4, 0.5) is 4.39 Å². The van der Waals surface area contributed by atoms with Gasteiger partial charge in [0.25, 0.3) is 0 Å². The molecule has 1 saturated heterocycles. The van der Waals surface area contributed by atoms with Crippen molar-refractivity contribution in [3.63, 3.8) is 0 Å². The number of aromatic nitrogens is 3. The van der Waals surface area contributed by atoms with Crippen LogP contribution in [0.3, 0.4) is 0 Å². The van der Waals surface area contributed by atoms with Crippen LogP contribution in [-0.4, -0.2) is 62.3 Å². The number of alkyl halides is 1. The molecule has 0 aliphatic carbocycles. The maximum absolute atomic E-state index is 14.5. The molecule has 1 fully saturated rings. The second kappa shape index (κ2) is 12.4. The van der Waals surface area contributed by atoms with Crippen molar-refractivity contribution in [3.05, 3.63) is 84.1 Å². The first kappa shape index (κ1) is 28.1. The molecule has 0 unspecified atom stereocenters. The highest BCUT2D eigenvalue weighted by molar-refractivity contribution is 6.08. The smallest absolute Gasteiger partial charge is 0.243 e. The number of benzene rings is 2. The van der Waals surface area contributed by atoms with Crippen LogP contribution in [0.15, 0.2) is 67.1 Å². The fourth-order valence-corrected chi connectivity index (χ4v) is 5.40. The normalized spacial score (nSPS) is 16.7. The van der Waals surface area contributed by atoms with Gasteiger partial charge in [0.05, 0.1) is 6.54 Å². The quantitative estimate of drug-likeness (QED) is 0.226. The average molecular weight is 556 g/mol. The minimum absolute atomic E-state index is 0.0192. The van der Waals surface area contributed by atoms with Crippen molar-refractivity contribution in [2.45, 2.75) is 58.3 Å². The second-order valence-electron chi connectivity index (χ2n) is 10.6. The van der Waals surface area contributed by atoms with Gasteiger partial charge in [0.2, 0.25) is 11.8 Å². The van der Waals surface area contributed by atoms with Gasteiger partial charge in [-0.2, -0.15) is 0 Å². The zero-order valence-electron chi connectivity index (χ0n) is 23.3. The Hall–Kier alpha value is -4.40. The summed E-state index contributed by atoms with van der Waals surface area (Å²) in [4.78, 5) is 48.7. The summed E-state index contributed by atoms with van der Waals surface area (Å²) < 4.78 is 16.2. The Morgan fingerprint density at radius 1 is 1.02 bits per heavy atom. The Bertz CT molecular complexity index is 1550. The molecule has 2 aromatic heterocycles. The fourth-order valence-electron chi connectivity index (χ4n) is 5.40. The van der Waals surface area contributed by atoms with E-state index in [4.69, 9.17) is 0 Å². The summed E-state index contributed by atoms with van der Waals surface area (Å²) in [6.45, 7) is 3.53. The van der Waals surface area contributed by atoms with Gasteiger partial charge in [0.1, 0.15) is 24.6 Å². The van der Waals surface area contributed by atoms with E-state index in [0.29, 0.717) is 28.8 Å². The summed E-state index contributed by atoms with van der Waals surface area (Å²) in [6.07, 6.45) is 6.46. The van der Waals surface area contributed by atoms with Crippen LogP contribution in [0.1, 0.15) is 47.9 Å². The lowest BCUT2D eigenvalue weighted by atomic mass is 10.0. The summed E-state index contributed by atoms with van der Waals surface area (Å²) in [7, 11) is 0. The molecule has 0 saturated carbocycles. The third kappa shape index (κ3) is 6.51. The number of Topliss-reactive ketones (excluding diaryl/α,β-unsaturated/α-hetero) is 1. The van der Waals surface area contributed by atoms with E-state index >= 15 is 0 Å². The molecule has 1 aliphatic rings. The van der Waals surface area contributed by atoms with Gasteiger partial charge in [-0.1, -0.05) is 36.4 Å². The van der Waals surface area contributed by atoms with Gasteiger partial charge in [0.15, 0.2) is 5.78 Å². The van der Waals surface area contributed by atoms with Crippen LogP contribution in [0.5, 0.6) is 0 Å². The molecule has 2 atom stereocenters.